The molecule has 166 valence electrons. The number of rotatable bonds is 4. The number of halogens is 3. The molecule has 0 N–H and O–H groups in total. The zero-order chi connectivity index (χ0) is 22.6. The Morgan fingerprint density at radius 3 is 2.22 bits per heavy atom. The van der Waals surface area contributed by atoms with Gasteiger partial charge in [0.15, 0.2) is 11.0 Å². The first kappa shape index (κ1) is 21.4. The Morgan fingerprint density at radius 1 is 0.969 bits per heavy atom. The van der Waals surface area contributed by atoms with Crippen LogP contribution in [0.15, 0.2) is 48.3 Å². The van der Waals surface area contributed by atoms with Crippen LogP contribution in [-0.2, 0) is 13.1 Å². The zero-order valence-electron chi connectivity index (χ0n) is 18.5. The summed E-state index contributed by atoms with van der Waals surface area (Å²) in [6.07, 6.45) is 5.34. The van der Waals surface area contributed by atoms with Gasteiger partial charge in [-0.1, -0.05) is 23.2 Å². The zero-order valence-corrected chi connectivity index (χ0v) is 20.0. The van der Waals surface area contributed by atoms with E-state index in [1.54, 1.807) is 12.1 Å². The van der Waals surface area contributed by atoms with Gasteiger partial charge in [-0.2, -0.15) is 0 Å². The first-order valence-corrected chi connectivity index (χ1v) is 11.9. The van der Waals surface area contributed by atoms with Crippen molar-refractivity contribution in [2.24, 2.45) is 0 Å². The Bertz CT molecular complexity index is 1250. The molecule has 0 saturated heterocycles. The van der Waals surface area contributed by atoms with Crippen LogP contribution in [0.4, 0.5) is 15.8 Å². The van der Waals surface area contributed by atoms with E-state index in [4.69, 9.17) is 23.2 Å². The maximum atomic E-state index is 13.9. The SMILES string of the molecule is CCN1C(=CC=C2CCn3c2[n+](CC)c2ccc(F)cc23)N(CC)c2cc(Cl)c(Cl)cc21. The Balaban J connectivity index is 1.62. The molecular formula is C25H26Cl2FN4+. The molecule has 32 heavy (non-hydrogen) atoms. The summed E-state index contributed by atoms with van der Waals surface area (Å²) >= 11 is 12.7. The van der Waals surface area contributed by atoms with Crippen LogP contribution in [0.1, 0.15) is 33.0 Å². The second-order valence-electron chi connectivity index (χ2n) is 8.06. The molecule has 0 unspecified atom stereocenters. The number of anilines is 2. The van der Waals surface area contributed by atoms with Crippen LogP contribution in [0.25, 0.3) is 16.6 Å². The highest BCUT2D eigenvalue weighted by molar-refractivity contribution is 6.42. The van der Waals surface area contributed by atoms with Crippen molar-refractivity contribution in [1.29, 1.82) is 0 Å². The van der Waals surface area contributed by atoms with Crippen molar-refractivity contribution in [3.8, 4) is 0 Å². The average Bonchev–Trinajstić information content (AvgIpc) is 3.41. The van der Waals surface area contributed by atoms with E-state index in [1.807, 2.05) is 18.2 Å². The maximum absolute atomic E-state index is 13.9. The third-order valence-electron chi connectivity index (χ3n) is 6.46. The van der Waals surface area contributed by atoms with Gasteiger partial charge in [0.05, 0.1) is 34.5 Å². The fraction of sp³-hybridized carbons (Fsp3) is 0.320. The molecule has 1 aromatic heterocycles. The van der Waals surface area contributed by atoms with Crippen molar-refractivity contribution < 1.29 is 8.96 Å². The average molecular weight is 472 g/mol. The lowest BCUT2D eigenvalue weighted by atomic mass is 10.2. The summed E-state index contributed by atoms with van der Waals surface area (Å²) in [5, 5.41) is 1.13. The van der Waals surface area contributed by atoms with E-state index in [2.05, 4.69) is 51.9 Å². The van der Waals surface area contributed by atoms with E-state index in [0.717, 1.165) is 66.7 Å². The van der Waals surface area contributed by atoms with E-state index in [0.29, 0.717) is 10.0 Å². The number of nitrogens with zero attached hydrogens (tertiary/aromatic N) is 4. The van der Waals surface area contributed by atoms with Crippen LogP contribution in [0.5, 0.6) is 0 Å². The number of hydrogen-bond acceptors (Lipinski definition) is 2. The first-order valence-electron chi connectivity index (χ1n) is 11.1. The minimum atomic E-state index is -0.196. The minimum absolute atomic E-state index is 0.196. The third-order valence-corrected chi connectivity index (χ3v) is 7.18. The molecule has 0 atom stereocenters. The van der Waals surface area contributed by atoms with Crippen LogP contribution in [0, 0.1) is 5.82 Å². The highest BCUT2D eigenvalue weighted by Gasteiger charge is 2.34. The predicted octanol–water partition coefficient (Wildman–Crippen LogP) is 6.39. The summed E-state index contributed by atoms with van der Waals surface area (Å²) in [6.45, 7) is 9.76. The van der Waals surface area contributed by atoms with E-state index >= 15 is 0 Å². The van der Waals surface area contributed by atoms with Crippen LogP contribution < -0.4 is 14.4 Å². The van der Waals surface area contributed by atoms with Gasteiger partial charge in [0.25, 0.3) is 5.82 Å². The van der Waals surface area contributed by atoms with Gasteiger partial charge in [0, 0.05) is 31.1 Å². The van der Waals surface area contributed by atoms with E-state index < -0.39 is 0 Å². The summed E-state index contributed by atoms with van der Waals surface area (Å²) in [6, 6.07) is 8.97. The van der Waals surface area contributed by atoms with Crippen LogP contribution in [-0.4, -0.2) is 17.7 Å². The Hall–Kier alpha value is -2.50. The number of fused-ring (bicyclic) bond motifs is 4. The van der Waals surface area contributed by atoms with Crippen LogP contribution in [0.3, 0.4) is 0 Å². The molecule has 0 amide bonds. The molecule has 0 saturated carbocycles. The standard InChI is InChI=1S/C25H26Cl2FN4/c1-4-29-22-14-18(26)19(27)15-23(22)30(5-2)24(29)10-7-16-11-12-32-21-13-17(28)8-9-20(21)31(6-3)25(16)32/h7-10,13-15H,4-6,11-12H2,1-3H3/q+1. The lowest BCUT2D eigenvalue weighted by Crippen LogP contribution is -2.35. The number of imidazole rings is 1. The molecule has 0 aliphatic carbocycles. The van der Waals surface area contributed by atoms with Gasteiger partial charge in [0.2, 0.25) is 0 Å². The van der Waals surface area contributed by atoms with E-state index in [9.17, 15) is 4.39 Å². The topological polar surface area (TPSA) is 15.3 Å². The summed E-state index contributed by atoms with van der Waals surface area (Å²) < 4.78 is 18.5. The van der Waals surface area contributed by atoms with Crippen molar-refractivity contribution in [1.82, 2.24) is 4.57 Å². The molecule has 2 aromatic carbocycles. The second kappa shape index (κ2) is 8.13. The van der Waals surface area contributed by atoms with Gasteiger partial charge in [-0.25, -0.2) is 13.5 Å². The molecule has 2 aliphatic heterocycles. The Morgan fingerprint density at radius 2 is 1.62 bits per heavy atom. The normalized spacial score (nSPS) is 16.4. The van der Waals surface area contributed by atoms with Gasteiger partial charge in [-0.15, -0.1) is 0 Å². The number of aromatic nitrogens is 2. The lowest BCUT2D eigenvalue weighted by molar-refractivity contribution is -0.670. The van der Waals surface area contributed by atoms with E-state index in [-0.39, 0.29) is 5.82 Å². The second-order valence-corrected chi connectivity index (χ2v) is 8.88. The summed E-state index contributed by atoms with van der Waals surface area (Å²) in [7, 11) is 0. The molecule has 0 bridgehead atoms. The number of aryl methyl sites for hydroxylation is 2. The van der Waals surface area contributed by atoms with Crippen molar-refractivity contribution in [2.45, 2.75) is 40.3 Å². The van der Waals surface area contributed by atoms with Crippen molar-refractivity contribution >= 4 is 51.2 Å². The Labute approximate surface area is 197 Å². The van der Waals surface area contributed by atoms with Gasteiger partial charge >= 0.3 is 0 Å². The smallest absolute Gasteiger partial charge is 0.285 e. The largest absolute Gasteiger partial charge is 0.326 e. The van der Waals surface area contributed by atoms with Crippen molar-refractivity contribution in [2.75, 3.05) is 22.9 Å². The first-order chi connectivity index (χ1) is 15.5. The van der Waals surface area contributed by atoms with Gasteiger partial charge in [0.1, 0.15) is 11.6 Å². The summed E-state index contributed by atoms with van der Waals surface area (Å²) in [5.74, 6) is 2.08. The fourth-order valence-corrected chi connectivity index (χ4v) is 5.40. The highest BCUT2D eigenvalue weighted by atomic mass is 35.5. The quantitative estimate of drug-likeness (QED) is 0.409. The Kier molecular flexibility index (Phi) is 5.42. The number of hydrogen-bond donors (Lipinski definition) is 0. The van der Waals surface area contributed by atoms with Crippen LogP contribution in [0.2, 0.25) is 10.0 Å². The predicted molar refractivity (Wildman–Crippen MR) is 131 cm³/mol. The number of allylic oxidation sites excluding steroid dienone is 3. The summed E-state index contributed by atoms with van der Waals surface area (Å²) in [5.41, 5.74) is 5.45. The molecule has 0 spiro atoms. The monoisotopic (exact) mass is 471 g/mol. The van der Waals surface area contributed by atoms with Gasteiger partial charge in [-0.3, -0.25) is 0 Å². The minimum Gasteiger partial charge on any atom is -0.326 e. The molecule has 5 rings (SSSR count). The van der Waals surface area contributed by atoms with E-state index in [1.165, 1.54) is 5.57 Å². The highest BCUT2D eigenvalue weighted by Crippen LogP contribution is 2.45. The maximum Gasteiger partial charge on any atom is 0.285 e. The molecule has 3 heterocycles. The van der Waals surface area contributed by atoms with Crippen molar-refractivity contribution in [3.05, 3.63) is 70.0 Å². The fourth-order valence-electron chi connectivity index (χ4n) is 5.08. The molecule has 0 radical (unpaired) electrons. The third kappa shape index (κ3) is 3.13. The number of benzene rings is 2. The van der Waals surface area contributed by atoms with Gasteiger partial charge in [-0.05, 0) is 57.2 Å². The summed E-state index contributed by atoms with van der Waals surface area (Å²) in [4.78, 5) is 4.54. The molecule has 7 heteroatoms. The molecule has 2 aliphatic rings. The molecular weight excluding hydrogens is 446 g/mol. The van der Waals surface area contributed by atoms with Crippen LogP contribution >= 0.6 is 23.2 Å². The van der Waals surface area contributed by atoms with Crippen molar-refractivity contribution in [3.63, 3.8) is 0 Å². The lowest BCUT2D eigenvalue weighted by Gasteiger charge is -2.23. The van der Waals surface area contributed by atoms with Gasteiger partial charge < -0.3 is 9.80 Å². The molecule has 0 fully saturated rings. The molecule has 4 nitrogen and oxygen atoms in total. The molecule has 3 aromatic rings.